The van der Waals surface area contributed by atoms with Crippen LogP contribution >= 0.6 is 0 Å². The summed E-state index contributed by atoms with van der Waals surface area (Å²) in [5.74, 6) is 0. The lowest BCUT2D eigenvalue weighted by atomic mass is 9.64. The van der Waals surface area contributed by atoms with E-state index in [1.54, 1.807) is 0 Å². The number of aryl methyl sites for hydroxylation is 6. The standard InChI is InChI=1S/C70H63N3/c1-43-17-23-60-54(33-43)55-34-44(2)18-24-61(55)68(60,51-14-12-16-53(40-51)70(73-32-31-72(10)42-73)64-27-21-47(5)37-58(64)59-38-48(6)22-28-65(59)70)50-13-11-15-52(39-50)69(66-41-49(29-30-71-66)67(7,8)9)62-25-19-45(3)35-56(62)57-36-46(4)20-26-63(57)69/h11-41H,42H2,1-10H3. The average Bonchev–Trinajstić information content (AvgIpc) is 4.12. The minimum absolute atomic E-state index is 0.0796. The normalized spacial score (nSPS) is 16.0. The largest absolute Gasteiger partial charge is 0.362 e. The third-order valence-electron chi connectivity index (χ3n) is 17.1. The Balaban J connectivity index is 1.14. The lowest BCUT2D eigenvalue weighted by Crippen LogP contribution is -2.45. The quantitative estimate of drug-likeness (QED) is 0.166. The van der Waals surface area contributed by atoms with E-state index in [4.69, 9.17) is 4.98 Å². The second-order valence-electron chi connectivity index (χ2n) is 23.0. The van der Waals surface area contributed by atoms with Gasteiger partial charge >= 0.3 is 0 Å². The van der Waals surface area contributed by atoms with Crippen molar-refractivity contribution in [1.29, 1.82) is 0 Å². The number of benzene rings is 8. The van der Waals surface area contributed by atoms with Crippen LogP contribution in [0.4, 0.5) is 0 Å². The van der Waals surface area contributed by atoms with Gasteiger partial charge in [-0.05, 0) is 154 Å². The van der Waals surface area contributed by atoms with Gasteiger partial charge in [0.05, 0.1) is 23.2 Å². The first kappa shape index (κ1) is 45.1. The topological polar surface area (TPSA) is 19.4 Å². The Kier molecular flexibility index (Phi) is 9.81. The smallest absolute Gasteiger partial charge is 0.118 e. The van der Waals surface area contributed by atoms with Crippen LogP contribution in [0, 0.1) is 41.5 Å². The van der Waals surface area contributed by atoms with Crippen molar-refractivity contribution in [2.24, 2.45) is 0 Å². The number of hydrogen-bond acceptors (Lipinski definition) is 3. The molecule has 358 valence electrons. The molecular weight excluding hydrogens is 883 g/mol. The van der Waals surface area contributed by atoms with E-state index in [1.165, 1.54) is 128 Å². The maximum atomic E-state index is 5.46. The third kappa shape index (κ3) is 6.27. The summed E-state index contributed by atoms with van der Waals surface area (Å²) in [5, 5.41) is 0. The fourth-order valence-corrected chi connectivity index (χ4v) is 13.8. The van der Waals surface area contributed by atoms with Gasteiger partial charge in [-0.3, -0.25) is 4.98 Å². The van der Waals surface area contributed by atoms with E-state index < -0.39 is 16.4 Å². The molecule has 1 aromatic heterocycles. The molecular formula is C70H63N3. The van der Waals surface area contributed by atoms with Gasteiger partial charge in [-0.2, -0.15) is 0 Å². The van der Waals surface area contributed by atoms with Crippen molar-refractivity contribution >= 4 is 0 Å². The molecule has 73 heavy (non-hydrogen) atoms. The van der Waals surface area contributed by atoms with Crippen LogP contribution in [0.2, 0.25) is 0 Å². The monoisotopic (exact) mass is 946 g/mol. The third-order valence-corrected chi connectivity index (χ3v) is 17.1. The van der Waals surface area contributed by atoms with Crippen molar-refractivity contribution in [3.8, 4) is 33.4 Å². The van der Waals surface area contributed by atoms with Crippen LogP contribution in [0.3, 0.4) is 0 Å². The van der Waals surface area contributed by atoms with E-state index in [0.29, 0.717) is 0 Å². The highest BCUT2D eigenvalue weighted by Crippen LogP contribution is 2.62. The van der Waals surface area contributed by atoms with Crippen molar-refractivity contribution in [1.82, 2.24) is 14.8 Å². The average molecular weight is 946 g/mol. The van der Waals surface area contributed by atoms with Gasteiger partial charge in [-0.1, -0.05) is 212 Å². The van der Waals surface area contributed by atoms with Crippen LogP contribution in [0.5, 0.6) is 0 Å². The minimum Gasteiger partial charge on any atom is -0.362 e. The Morgan fingerprint density at radius 1 is 0.397 bits per heavy atom. The first-order valence-electron chi connectivity index (χ1n) is 26.2. The van der Waals surface area contributed by atoms with E-state index in [0.717, 1.165) is 12.4 Å². The minimum atomic E-state index is -0.705. The van der Waals surface area contributed by atoms with Crippen LogP contribution in [-0.4, -0.2) is 28.5 Å². The van der Waals surface area contributed by atoms with E-state index in [1.807, 2.05) is 6.20 Å². The molecule has 0 fully saturated rings. The first-order valence-corrected chi connectivity index (χ1v) is 26.2. The maximum Gasteiger partial charge on any atom is 0.118 e. The van der Waals surface area contributed by atoms with Gasteiger partial charge in [0, 0.05) is 25.6 Å². The van der Waals surface area contributed by atoms with E-state index in [2.05, 4.69) is 261 Å². The number of rotatable bonds is 6. The van der Waals surface area contributed by atoms with Crippen LogP contribution < -0.4 is 0 Å². The van der Waals surface area contributed by atoms with Gasteiger partial charge in [-0.25, -0.2) is 0 Å². The van der Waals surface area contributed by atoms with Crippen molar-refractivity contribution in [2.45, 2.75) is 84.1 Å². The second-order valence-corrected chi connectivity index (χ2v) is 23.0. The molecule has 0 radical (unpaired) electrons. The zero-order valence-electron chi connectivity index (χ0n) is 43.9. The molecule has 1 aliphatic heterocycles. The number of fused-ring (bicyclic) bond motifs is 9. The van der Waals surface area contributed by atoms with Gasteiger partial charge in [0.2, 0.25) is 0 Å². The number of nitrogens with zero attached hydrogens (tertiary/aromatic N) is 3. The highest BCUT2D eigenvalue weighted by Gasteiger charge is 2.53. The Hall–Kier alpha value is -7.75. The molecule has 3 nitrogen and oxygen atoms in total. The first-order chi connectivity index (χ1) is 35.1. The molecule has 0 unspecified atom stereocenters. The van der Waals surface area contributed by atoms with E-state index in [9.17, 15) is 0 Å². The van der Waals surface area contributed by atoms with Crippen LogP contribution in [0.25, 0.3) is 33.4 Å². The van der Waals surface area contributed by atoms with Crippen LogP contribution in [-0.2, 0) is 21.8 Å². The summed E-state index contributed by atoms with van der Waals surface area (Å²) < 4.78 is 0. The molecule has 13 rings (SSSR count). The van der Waals surface area contributed by atoms with Gasteiger partial charge in [-0.15, -0.1) is 0 Å². The molecule has 8 aromatic carbocycles. The van der Waals surface area contributed by atoms with E-state index in [-0.39, 0.29) is 5.41 Å². The Morgan fingerprint density at radius 3 is 1.18 bits per heavy atom. The fraction of sp³-hybridized carbons (Fsp3) is 0.214. The van der Waals surface area contributed by atoms with Crippen molar-refractivity contribution in [3.63, 3.8) is 0 Å². The molecule has 3 aliphatic carbocycles. The fourth-order valence-electron chi connectivity index (χ4n) is 13.8. The molecule has 0 atom stereocenters. The predicted molar refractivity (Wildman–Crippen MR) is 301 cm³/mol. The molecule has 0 spiro atoms. The molecule has 3 heteroatoms. The lowest BCUT2D eigenvalue weighted by molar-refractivity contribution is 0.198. The second kappa shape index (κ2) is 15.9. The van der Waals surface area contributed by atoms with E-state index >= 15 is 0 Å². The molecule has 0 amide bonds. The summed E-state index contributed by atoms with van der Waals surface area (Å²) in [5.41, 5.74) is 28.4. The summed E-state index contributed by atoms with van der Waals surface area (Å²) in [6, 6.07) is 67.0. The summed E-state index contributed by atoms with van der Waals surface area (Å²) in [7, 11) is 2.19. The lowest BCUT2D eigenvalue weighted by Gasteiger charge is -2.43. The van der Waals surface area contributed by atoms with Crippen molar-refractivity contribution in [2.75, 3.05) is 13.7 Å². The highest BCUT2D eigenvalue weighted by atomic mass is 15.4. The molecule has 0 saturated heterocycles. The van der Waals surface area contributed by atoms with Gasteiger partial charge in [0.25, 0.3) is 0 Å². The van der Waals surface area contributed by atoms with Gasteiger partial charge < -0.3 is 9.80 Å². The molecule has 2 heterocycles. The highest BCUT2D eigenvalue weighted by molar-refractivity contribution is 5.90. The van der Waals surface area contributed by atoms with Crippen LogP contribution in [0.1, 0.15) is 121 Å². The van der Waals surface area contributed by atoms with Crippen molar-refractivity contribution < 1.29 is 0 Å². The summed E-state index contributed by atoms with van der Waals surface area (Å²) >= 11 is 0. The zero-order chi connectivity index (χ0) is 50.3. The summed E-state index contributed by atoms with van der Waals surface area (Å²) in [6.07, 6.45) is 6.60. The number of hydrogen-bond donors (Lipinski definition) is 0. The molecule has 0 N–H and O–H groups in total. The van der Waals surface area contributed by atoms with Crippen molar-refractivity contribution in [3.05, 3.63) is 289 Å². The molecule has 4 aliphatic rings. The summed E-state index contributed by atoms with van der Waals surface area (Å²) in [6.45, 7) is 21.1. The zero-order valence-corrected chi connectivity index (χ0v) is 43.9. The Morgan fingerprint density at radius 2 is 0.767 bits per heavy atom. The number of pyridine rings is 1. The van der Waals surface area contributed by atoms with Gasteiger partial charge in [0.15, 0.2) is 0 Å². The Labute approximate surface area is 432 Å². The molecule has 9 aromatic rings. The maximum absolute atomic E-state index is 5.46. The summed E-state index contributed by atoms with van der Waals surface area (Å²) in [4.78, 5) is 10.3. The SMILES string of the molecule is Cc1ccc2c(c1)-c1cc(C)ccc1C2(c1cccc(C2(c3cc(C(C)(C)C)ccn3)c3ccc(C)cc3-c3cc(C)ccc32)c1)c1cccc(C2(N3C=CN(C)C3)c3ccc(C)cc3-c3cc(C)ccc32)c1. The molecule has 0 saturated carbocycles. The molecule has 0 bridgehead atoms. The number of aromatic nitrogens is 1. The predicted octanol–water partition coefficient (Wildman–Crippen LogP) is 15.9. The Bertz CT molecular complexity index is 3670. The van der Waals surface area contributed by atoms with Crippen LogP contribution in [0.15, 0.2) is 188 Å². The van der Waals surface area contributed by atoms with Gasteiger partial charge in [0.1, 0.15) is 5.54 Å².